The molecule has 0 saturated carbocycles. The summed E-state index contributed by atoms with van der Waals surface area (Å²) < 4.78 is 5.04. The first-order valence-electron chi connectivity index (χ1n) is 5.79. The largest absolute Gasteiger partial charge is 0.464 e. The van der Waals surface area contributed by atoms with Crippen molar-refractivity contribution in [3.8, 4) is 0 Å². The highest BCUT2D eigenvalue weighted by atomic mass is 32.2. The Morgan fingerprint density at radius 3 is 2.65 bits per heavy atom. The zero-order valence-corrected chi connectivity index (χ0v) is 11.2. The van der Waals surface area contributed by atoms with Crippen LogP contribution in [0.25, 0.3) is 0 Å². The molecule has 0 aliphatic carbocycles. The molecule has 94 valence electrons. The van der Waals surface area contributed by atoms with Gasteiger partial charge in [0, 0.05) is 10.6 Å². The molecule has 0 amide bonds. The van der Waals surface area contributed by atoms with Gasteiger partial charge >= 0.3 is 5.97 Å². The van der Waals surface area contributed by atoms with Crippen molar-refractivity contribution in [2.24, 2.45) is 0 Å². The van der Waals surface area contributed by atoms with Gasteiger partial charge in [-0.15, -0.1) is 11.8 Å². The molecule has 0 unspecified atom stereocenters. The summed E-state index contributed by atoms with van der Waals surface area (Å²) >= 11 is 1.70. The van der Waals surface area contributed by atoms with Crippen LogP contribution in [0, 0.1) is 0 Å². The first-order valence-corrected chi connectivity index (χ1v) is 7.02. The van der Waals surface area contributed by atoms with Crippen molar-refractivity contribution in [3.05, 3.63) is 24.3 Å². The smallest absolute Gasteiger partial charge is 0.325 e. The quantitative estimate of drug-likeness (QED) is 0.460. The van der Waals surface area contributed by atoms with Gasteiger partial charge in [-0.1, -0.05) is 13.3 Å². The van der Waals surface area contributed by atoms with Crippen LogP contribution in [0.1, 0.15) is 19.8 Å². The number of carbonyl (C=O) groups is 1. The highest BCUT2D eigenvalue weighted by molar-refractivity contribution is 7.98. The lowest BCUT2D eigenvalue weighted by Gasteiger charge is -2.07. The zero-order valence-electron chi connectivity index (χ0n) is 10.4. The first kappa shape index (κ1) is 13.9. The number of benzene rings is 1. The van der Waals surface area contributed by atoms with Crippen LogP contribution in [0.5, 0.6) is 0 Å². The van der Waals surface area contributed by atoms with Crippen molar-refractivity contribution in [3.63, 3.8) is 0 Å². The molecular formula is C13H19NO2S. The molecule has 1 aromatic carbocycles. The van der Waals surface area contributed by atoms with E-state index in [2.05, 4.69) is 12.2 Å². The van der Waals surface area contributed by atoms with Gasteiger partial charge in [-0.05, 0) is 36.9 Å². The normalized spacial score (nSPS) is 10.0. The third kappa shape index (κ3) is 5.63. The Morgan fingerprint density at radius 1 is 1.35 bits per heavy atom. The molecule has 1 N–H and O–H groups in total. The monoisotopic (exact) mass is 253 g/mol. The molecule has 0 radical (unpaired) electrons. The van der Waals surface area contributed by atoms with Gasteiger partial charge in [-0.3, -0.25) is 4.79 Å². The van der Waals surface area contributed by atoms with Gasteiger partial charge < -0.3 is 10.1 Å². The predicted molar refractivity (Wildman–Crippen MR) is 72.6 cm³/mol. The summed E-state index contributed by atoms with van der Waals surface area (Å²) in [4.78, 5) is 12.5. The van der Waals surface area contributed by atoms with Crippen LogP contribution in [-0.2, 0) is 9.53 Å². The fourth-order valence-electron chi connectivity index (χ4n) is 1.26. The minimum atomic E-state index is -0.201. The summed E-state index contributed by atoms with van der Waals surface area (Å²) in [5, 5.41) is 3.04. The van der Waals surface area contributed by atoms with Crippen molar-refractivity contribution in [2.45, 2.75) is 24.7 Å². The highest BCUT2D eigenvalue weighted by Crippen LogP contribution is 2.17. The van der Waals surface area contributed by atoms with Gasteiger partial charge in [-0.2, -0.15) is 0 Å². The summed E-state index contributed by atoms with van der Waals surface area (Å²) in [6, 6.07) is 7.97. The fraction of sp³-hybridized carbons (Fsp3) is 0.462. The summed E-state index contributed by atoms with van der Waals surface area (Å²) in [5.74, 6) is -0.201. The van der Waals surface area contributed by atoms with E-state index in [0.717, 1.165) is 18.5 Å². The molecule has 0 bridgehead atoms. The summed E-state index contributed by atoms with van der Waals surface area (Å²) in [6.07, 6.45) is 4.00. The lowest BCUT2D eigenvalue weighted by Crippen LogP contribution is -2.17. The highest BCUT2D eigenvalue weighted by Gasteiger charge is 2.01. The molecule has 0 atom stereocenters. The van der Waals surface area contributed by atoms with Crippen molar-refractivity contribution in [2.75, 3.05) is 24.7 Å². The standard InChI is InChI=1S/C13H19NO2S/c1-3-4-9-16-13(15)10-14-11-5-7-12(17-2)8-6-11/h5-8,14H,3-4,9-10H2,1-2H3. The number of nitrogens with one attached hydrogen (secondary N) is 1. The van der Waals surface area contributed by atoms with E-state index in [1.165, 1.54) is 4.90 Å². The van der Waals surface area contributed by atoms with Crippen LogP contribution >= 0.6 is 11.8 Å². The summed E-state index contributed by atoms with van der Waals surface area (Å²) in [6.45, 7) is 2.81. The maximum atomic E-state index is 11.3. The number of carbonyl (C=O) groups excluding carboxylic acids is 1. The average molecular weight is 253 g/mol. The Balaban J connectivity index is 2.27. The van der Waals surface area contributed by atoms with Crippen LogP contribution in [-0.4, -0.2) is 25.4 Å². The van der Waals surface area contributed by atoms with Gasteiger partial charge in [0.2, 0.25) is 0 Å². The molecule has 0 heterocycles. The molecular weight excluding hydrogens is 234 g/mol. The number of ether oxygens (including phenoxy) is 1. The molecule has 0 fully saturated rings. The van der Waals surface area contributed by atoms with E-state index in [1.54, 1.807) is 11.8 Å². The molecule has 0 aromatic heterocycles. The van der Waals surface area contributed by atoms with E-state index in [-0.39, 0.29) is 12.5 Å². The molecule has 0 aliphatic heterocycles. The van der Waals surface area contributed by atoms with Crippen molar-refractivity contribution in [1.82, 2.24) is 0 Å². The average Bonchev–Trinajstić information content (AvgIpc) is 2.37. The van der Waals surface area contributed by atoms with Gasteiger partial charge in [0.25, 0.3) is 0 Å². The van der Waals surface area contributed by atoms with Crippen molar-refractivity contribution >= 4 is 23.4 Å². The third-order valence-electron chi connectivity index (χ3n) is 2.29. The van der Waals surface area contributed by atoms with Crippen LogP contribution in [0.4, 0.5) is 5.69 Å². The van der Waals surface area contributed by atoms with E-state index in [9.17, 15) is 4.79 Å². The molecule has 0 spiro atoms. The predicted octanol–water partition coefficient (Wildman–Crippen LogP) is 3.16. The van der Waals surface area contributed by atoms with Gasteiger partial charge in [0.15, 0.2) is 0 Å². The second-order valence-corrected chi connectivity index (χ2v) is 4.54. The SMILES string of the molecule is CCCCOC(=O)CNc1ccc(SC)cc1. The van der Waals surface area contributed by atoms with E-state index in [4.69, 9.17) is 4.74 Å². The molecule has 0 saturated heterocycles. The number of hydrogen-bond acceptors (Lipinski definition) is 4. The van der Waals surface area contributed by atoms with Gasteiger partial charge in [-0.25, -0.2) is 0 Å². The lowest BCUT2D eigenvalue weighted by molar-refractivity contribution is -0.141. The van der Waals surface area contributed by atoms with Crippen molar-refractivity contribution in [1.29, 1.82) is 0 Å². The molecule has 1 aromatic rings. The minimum Gasteiger partial charge on any atom is -0.464 e. The van der Waals surface area contributed by atoms with E-state index >= 15 is 0 Å². The Hall–Kier alpha value is -1.16. The number of esters is 1. The zero-order chi connectivity index (χ0) is 12.5. The molecule has 0 aliphatic rings. The Labute approximate surface area is 107 Å². The maximum absolute atomic E-state index is 11.3. The lowest BCUT2D eigenvalue weighted by atomic mass is 10.3. The number of thioether (sulfide) groups is 1. The molecule has 1 rings (SSSR count). The van der Waals surface area contributed by atoms with Gasteiger partial charge in [0.05, 0.1) is 6.61 Å². The summed E-state index contributed by atoms with van der Waals surface area (Å²) in [5.41, 5.74) is 0.940. The summed E-state index contributed by atoms with van der Waals surface area (Å²) in [7, 11) is 0. The minimum absolute atomic E-state index is 0.201. The number of unbranched alkanes of at least 4 members (excludes halogenated alkanes) is 1. The second kappa shape index (κ2) is 8.01. The molecule has 4 heteroatoms. The molecule has 3 nitrogen and oxygen atoms in total. The third-order valence-corrected chi connectivity index (χ3v) is 3.03. The number of anilines is 1. The Bertz CT molecular complexity index is 338. The molecule has 17 heavy (non-hydrogen) atoms. The van der Waals surface area contributed by atoms with Gasteiger partial charge in [0.1, 0.15) is 6.54 Å². The Kier molecular flexibility index (Phi) is 6.55. The first-order chi connectivity index (χ1) is 8.26. The van der Waals surface area contributed by atoms with Crippen LogP contribution in [0.3, 0.4) is 0 Å². The second-order valence-electron chi connectivity index (χ2n) is 3.66. The topological polar surface area (TPSA) is 38.3 Å². The van der Waals surface area contributed by atoms with Crippen molar-refractivity contribution < 1.29 is 9.53 Å². The fourth-order valence-corrected chi connectivity index (χ4v) is 1.67. The number of hydrogen-bond donors (Lipinski definition) is 1. The van der Waals surface area contributed by atoms with Crippen LogP contribution in [0.2, 0.25) is 0 Å². The van der Waals surface area contributed by atoms with Crippen LogP contribution in [0.15, 0.2) is 29.2 Å². The Morgan fingerprint density at radius 2 is 2.06 bits per heavy atom. The van der Waals surface area contributed by atoms with E-state index in [1.807, 2.05) is 30.5 Å². The van der Waals surface area contributed by atoms with E-state index in [0.29, 0.717) is 6.61 Å². The van der Waals surface area contributed by atoms with Crippen LogP contribution < -0.4 is 5.32 Å². The van der Waals surface area contributed by atoms with E-state index < -0.39 is 0 Å². The maximum Gasteiger partial charge on any atom is 0.325 e. The number of rotatable bonds is 7.